The number of ether oxygens (including phenoxy) is 3. The average molecular weight is 490 g/mol. The summed E-state index contributed by atoms with van der Waals surface area (Å²) >= 11 is 2.82. The van der Waals surface area contributed by atoms with Gasteiger partial charge in [0.1, 0.15) is 0 Å². The molecule has 1 saturated heterocycles. The number of carbonyl (C=O) groups is 1. The Morgan fingerprint density at radius 1 is 1.10 bits per heavy atom. The van der Waals surface area contributed by atoms with E-state index in [2.05, 4.69) is 15.6 Å². The van der Waals surface area contributed by atoms with Crippen molar-refractivity contribution in [2.75, 3.05) is 13.2 Å². The van der Waals surface area contributed by atoms with E-state index in [1.165, 1.54) is 0 Å². The molecule has 1 aliphatic heterocycles. The minimum absolute atomic E-state index is 0.0239. The monoisotopic (exact) mass is 491 g/mol. The maximum atomic E-state index is 13.4. The normalized spacial score (nSPS) is 18.1. The SMILES string of the molecule is CC(C)[C@H]1COC(=[Se])N1C(=O)[C@H](OCc1ccccc1)[C@@H](O)COCc1ccccc1. The Bertz CT molecular complexity index is 846. The van der Waals surface area contributed by atoms with Crippen molar-refractivity contribution in [1.29, 1.82) is 0 Å². The zero-order chi connectivity index (χ0) is 22.2. The molecule has 3 rings (SSSR count). The fourth-order valence-corrected chi connectivity index (χ4v) is 4.00. The standard InChI is InChI=1S/C24H29NO5Se/c1-17(2)20-15-30-24(31)25(20)23(27)22(29-14-19-11-7-4-8-12-19)21(26)16-28-13-18-9-5-3-6-10-18/h3-12,17,20-22,26H,13-16H2,1-2H3/t20-,21+,22-/m1/s1. The van der Waals surface area contributed by atoms with Crippen LogP contribution in [0.1, 0.15) is 25.0 Å². The molecule has 2 aromatic rings. The van der Waals surface area contributed by atoms with Crippen molar-refractivity contribution < 1.29 is 24.1 Å². The van der Waals surface area contributed by atoms with Crippen molar-refractivity contribution >= 4 is 26.2 Å². The van der Waals surface area contributed by atoms with Gasteiger partial charge in [0.15, 0.2) is 0 Å². The van der Waals surface area contributed by atoms with E-state index in [0.717, 1.165) is 11.1 Å². The Morgan fingerprint density at radius 3 is 2.26 bits per heavy atom. The van der Waals surface area contributed by atoms with E-state index < -0.39 is 12.2 Å². The molecular formula is C24H29NO5Se. The Kier molecular flexibility index (Phi) is 8.81. The number of hydrogen-bond acceptors (Lipinski definition) is 5. The van der Waals surface area contributed by atoms with Gasteiger partial charge in [-0.3, -0.25) is 0 Å². The van der Waals surface area contributed by atoms with E-state index in [0.29, 0.717) is 17.9 Å². The van der Waals surface area contributed by atoms with Gasteiger partial charge in [-0.2, -0.15) is 0 Å². The number of rotatable bonds is 10. The van der Waals surface area contributed by atoms with Gasteiger partial charge in [0.05, 0.1) is 0 Å². The third-order valence-corrected chi connectivity index (χ3v) is 5.84. The summed E-state index contributed by atoms with van der Waals surface area (Å²) in [7, 11) is 0. The summed E-state index contributed by atoms with van der Waals surface area (Å²) in [5.41, 5.74) is 1.91. The molecule has 0 aliphatic carbocycles. The number of carbonyl (C=O) groups excluding carboxylic acids is 1. The van der Waals surface area contributed by atoms with Gasteiger partial charge in [-0.25, -0.2) is 0 Å². The molecule has 0 bridgehead atoms. The van der Waals surface area contributed by atoms with Gasteiger partial charge in [-0.1, -0.05) is 0 Å². The molecule has 1 aliphatic rings. The van der Waals surface area contributed by atoms with E-state index in [-0.39, 0.29) is 31.1 Å². The first-order valence-electron chi connectivity index (χ1n) is 10.4. The quantitative estimate of drug-likeness (QED) is 0.518. The van der Waals surface area contributed by atoms with Crippen LogP contribution in [0.4, 0.5) is 0 Å². The second-order valence-corrected chi connectivity index (χ2v) is 8.61. The van der Waals surface area contributed by atoms with Gasteiger partial charge < -0.3 is 0 Å². The molecule has 1 N–H and O–H groups in total. The van der Waals surface area contributed by atoms with E-state index in [1.807, 2.05) is 74.5 Å². The summed E-state index contributed by atoms with van der Waals surface area (Å²) in [6.07, 6.45) is -2.21. The van der Waals surface area contributed by atoms with Gasteiger partial charge in [0.2, 0.25) is 0 Å². The number of aliphatic hydroxyl groups excluding tert-OH is 1. The summed E-state index contributed by atoms with van der Waals surface area (Å²) in [5.74, 6) is -0.146. The molecule has 7 heteroatoms. The molecule has 2 aromatic carbocycles. The van der Waals surface area contributed by atoms with Crippen LogP contribution >= 0.6 is 0 Å². The number of nitrogens with zero attached hydrogens (tertiary/aromatic N) is 1. The number of benzene rings is 2. The van der Waals surface area contributed by atoms with Crippen LogP contribution in [-0.2, 0) is 32.2 Å². The van der Waals surface area contributed by atoms with Crippen molar-refractivity contribution in [3.8, 4) is 0 Å². The fourth-order valence-electron chi connectivity index (χ4n) is 3.38. The fraction of sp³-hybridized carbons (Fsp3) is 0.417. The van der Waals surface area contributed by atoms with Crippen molar-refractivity contribution in [3.63, 3.8) is 0 Å². The molecule has 0 aromatic heterocycles. The van der Waals surface area contributed by atoms with Gasteiger partial charge in [-0.05, 0) is 0 Å². The molecule has 0 radical (unpaired) electrons. The third-order valence-electron chi connectivity index (χ3n) is 5.18. The Balaban J connectivity index is 1.70. The topological polar surface area (TPSA) is 68.2 Å². The Hall–Kier alpha value is -2.02. The van der Waals surface area contributed by atoms with E-state index in [9.17, 15) is 9.90 Å². The van der Waals surface area contributed by atoms with E-state index in [1.54, 1.807) is 4.90 Å². The van der Waals surface area contributed by atoms with Crippen LogP contribution in [-0.4, -0.2) is 67.7 Å². The molecule has 31 heavy (non-hydrogen) atoms. The average Bonchev–Trinajstić information content (AvgIpc) is 3.17. The summed E-state index contributed by atoms with van der Waals surface area (Å²) in [6.45, 7) is 5.01. The summed E-state index contributed by atoms with van der Waals surface area (Å²) < 4.78 is 17.6. The zero-order valence-electron chi connectivity index (χ0n) is 17.8. The van der Waals surface area contributed by atoms with Crippen LogP contribution in [0.5, 0.6) is 0 Å². The van der Waals surface area contributed by atoms with Crippen molar-refractivity contribution in [2.45, 2.75) is 45.3 Å². The molecule has 166 valence electrons. The predicted octanol–water partition coefficient (Wildman–Crippen LogP) is 2.29. The first kappa shape index (κ1) is 23.6. The van der Waals surface area contributed by atoms with Crippen molar-refractivity contribution in [1.82, 2.24) is 4.90 Å². The molecule has 0 unspecified atom stereocenters. The molecule has 3 atom stereocenters. The van der Waals surface area contributed by atoms with Gasteiger partial charge >= 0.3 is 191 Å². The first-order chi connectivity index (χ1) is 15.0. The summed E-state index contributed by atoms with van der Waals surface area (Å²) in [5, 5.41) is 10.8. The van der Waals surface area contributed by atoms with Gasteiger partial charge in [0, 0.05) is 0 Å². The van der Waals surface area contributed by atoms with Crippen molar-refractivity contribution in [2.24, 2.45) is 5.92 Å². The maximum absolute atomic E-state index is 13.4. The Labute approximate surface area is 191 Å². The molecular weight excluding hydrogens is 461 g/mol. The molecule has 0 saturated carbocycles. The van der Waals surface area contributed by atoms with Crippen LogP contribution in [0.25, 0.3) is 0 Å². The van der Waals surface area contributed by atoms with Gasteiger partial charge in [-0.15, -0.1) is 0 Å². The molecule has 1 fully saturated rings. The number of aliphatic hydroxyl groups is 1. The Morgan fingerprint density at radius 2 is 1.68 bits per heavy atom. The third kappa shape index (κ3) is 6.48. The van der Waals surface area contributed by atoms with Crippen LogP contribution in [0, 0.1) is 5.92 Å². The number of hydrogen-bond donors (Lipinski definition) is 1. The summed E-state index contributed by atoms with van der Waals surface area (Å²) in [6, 6.07) is 19.1. The van der Waals surface area contributed by atoms with Crippen LogP contribution < -0.4 is 0 Å². The molecule has 1 heterocycles. The van der Waals surface area contributed by atoms with Crippen LogP contribution in [0.3, 0.4) is 0 Å². The van der Waals surface area contributed by atoms with Crippen LogP contribution in [0.2, 0.25) is 0 Å². The minimum atomic E-state index is -1.12. The second kappa shape index (κ2) is 11.6. The number of amides is 1. The van der Waals surface area contributed by atoms with E-state index in [4.69, 9.17) is 14.2 Å². The summed E-state index contributed by atoms with van der Waals surface area (Å²) in [4.78, 5) is 15.0. The zero-order valence-corrected chi connectivity index (χ0v) is 19.6. The van der Waals surface area contributed by atoms with Crippen LogP contribution in [0.15, 0.2) is 60.7 Å². The second-order valence-electron chi connectivity index (χ2n) is 7.88. The first-order valence-corrected chi connectivity index (χ1v) is 11.3. The molecule has 6 nitrogen and oxygen atoms in total. The molecule has 0 spiro atoms. The predicted molar refractivity (Wildman–Crippen MR) is 119 cm³/mol. The van der Waals surface area contributed by atoms with E-state index >= 15 is 0 Å². The van der Waals surface area contributed by atoms with Gasteiger partial charge in [0.25, 0.3) is 0 Å². The van der Waals surface area contributed by atoms with Crippen molar-refractivity contribution in [3.05, 3.63) is 71.8 Å². The molecule has 1 amide bonds.